The first-order chi connectivity index (χ1) is 14.9. The van der Waals surface area contributed by atoms with Crippen LogP contribution in [0.1, 0.15) is 42.0 Å². The summed E-state index contributed by atoms with van der Waals surface area (Å²) >= 11 is 0. The van der Waals surface area contributed by atoms with Gasteiger partial charge in [-0.05, 0) is 62.6 Å². The fourth-order valence-corrected chi connectivity index (χ4v) is 3.69. The number of carbonyl (C=O) groups is 1. The third-order valence-electron chi connectivity index (χ3n) is 5.46. The Morgan fingerprint density at radius 2 is 1.94 bits per heavy atom. The van der Waals surface area contributed by atoms with E-state index in [0.29, 0.717) is 34.0 Å². The molecule has 1 saturated carbocycles. The first-order valence-corrected chi connectivity index (χ1v) is 9.97. The number of benzene rings is 2. The van der Waals surface area contributed by atoms with Gasteiger partial charge in [-0.25, -0.2) is 4.79 Å². The molecule has 1 fully saturated rings. The summed E-state index contributed by atoms with van der Waals surface area (Å²) in [4.78, 5) is 23.7. The van der Waals surface area contributed by atoms with Gasteiger partial charge in [0.15, 0.2) is 11.5 Å². The number of nitrogens with zero attached hydrogens (tertiary/aromatic N) is 3. The van der Waals surface area contributed by atoms with Crippen LogP contribution >= 0.6 is 0 Å². The van der Waals surface area contributed by atoms with E-state index in [1.54, 1.807) is 19.1 Å². The Hall–Kier alpha value is -3.88. The minimum atomic E-state index is -0.416. The summed E-state index contributed by atoms with van der Waals surface area (Å²) in [6, 6.07) is 8.38. The molecule has 9 nitrogen and oxygen atoms in total. The Morgan fingerprint density at radius 1 is 1.19 bits per heavy atom. The van der Waals surface area contributed by atoms with Crippen LogP contribution in [0.4, 0.5) is 10.5 Å². The van der Waals surface area contributed by atoms with E-state index in [2.05, 4.69) is 5.32 Å². The Labute approximate surface area is 178 Å². The van der Waals surface area contributed by atoms with E-state index in [9.17, 15) is 14.9 Å². The van der Waals surface area contributed by atoms with Gasteiger partial charge in [0.2, 0.25) is 6.79 Å². The van der Waals surface area contributed by atoms with Crippen molar-refractivity contribution >= 4 is 23.5 Å². The standard InChI is InChI=1S/C22H20N4O5/c1-12-7-14(3-6-18(12)26(28)29)21-17-10-20-19(30-11-31-20)9-15(17)8-13(2)25(24-21)22(27)23-16-4-5-16/h3,6-10,16H,4-5,11H2,1-2H3,(H,23,27). The zero-order valence-electron chi connectivity index (χ0n) is 17.0. The summed E-state index contributed by atoms with van der Waals surface area (Å²) in [6.45, 7) is 3.63. The number of amides is 2. The molecule has 0 unspecified atom stereocenters. The molecule has 2 aromatic rings. The first-order valence-electron chi connectivity index (χ1n) is 9.97. The number of hydrogen-bond donors (Lipinski definition) is 1. The fraction of sp³-hybridized carbons (Fsp3) is 0.273. The second-order valence-corrected chi connectivity index (χ2v) is 7.82. The Morgan fingerprint density at radius 3 is 2.61 bits per heavy atom. The molecule has 2 heterocycles. The average Bonchev–Trinajstić information content (AvgIpc) is 3.44. The van der Waals surface area contributed by atoms with Crippen LogP contribution in [-0.4, -0.2) is 34.5 Å². The number of allylic oxidation sites excluding steroid dienone is 1. The van der Waals surface area contributed by atoms with Crippen LogP contribution in [0.15, 0.2) is 41.1 Å². The van der Waals surface area contributed by atoms with Gasteiger partial charge in [-0.3, -0.25) is 10.1 Å². The minimum absolute atomic E-state index is 0.0292. The molecule has 1 aliphatic carbocycles. The molecule has 31 heavy (non-hydrogen) atoms. The van der Waals surface area contributed by atoms with Gasteiger partial charge < -0.3 is 14.8 Å². The van der Waals surface area contributed by atoms with Gasteiger partial charge >= 0.3 is 6.03 Å². The van der Waals surface area contributed by atoms with E-state index < -0.39 is 4.92 Å². The van der Waals surface area contributed by atoms with Crippen molar-refractivity contribution < 1.29 is 19.2 Å². The normalized spacial score (nSPS) is 16.8. The number of rotatable bonds is 3. The number of nitro benzene ring substituents is 1. The van der Waals surface area contributed by atoms with Gasteiger partial charge in [-0.1, -0.05) is 0 Å². The van der Waals surface area contributed by atoms with Crippen molar-refractivity contribution in [2.75, 3.05) is 6.79 Å². The van der Waals surface area contributed by atoms with Crippen molar-refractivity contribution in [1.29, 1.82) is 0 Å². The monoisotopic (exact) mass is 420 g/mol. The van der Waals surface area contributed by atoms with Crippen LogP contribution in [0.5, 0.6) is 11.5 Å². The second-order valence-electron chi connectivity index (χ2n) is 7.82. The van der Waals surface area contributed by atoms with E-state index in [1.807, 2.05) is 25.1 Å². The van der Waals surface area contributed by atoms with E-state index in [-0.39, 0.29) is 24.6 Å². The predicted octanol–water partition coefficient (Wildman–Crippen LogP) is 3.93. The molecule has 158 valence electrons. The minimum Gasteiger partial charge on any atom is -0.454 e. The van der Waals surface area contributed by atoms with Crippen molar-refractivity contribution in [3.63, 3.8) is 0 Å². The Kier molecular flexibility index (Phi) is 4.39. The highest BCUT2D eigenvalue weighted by atomic mass is 16.7. The topological polar surface area (TPSA) is 106 Å². The number of carbonyl (C=O) groups excluding carboxylic acids is 1. The van der Waals surface area contributed by atoms with Crippen molar-refractivity contribution in [1.82, 2.24) is 10.3 Å². The summed E-state index contributed by atoms with van der Waals surface area (Å²) in [5.41, 5.74) is 3.93. The van der Waals surface area contributed by atoms with Crippen LogP contribution < -0.4 is 14.8 Å². The number of aryl methyl sites for hydroxylation is 1. The highest BCUT2D eigenvalue weighted by Crippen LogP contribution is 2.38. The third-order valence-corrected chi connectivity index (χ3v) is 5.46. The van der Waals surface area contributed by atoms with Crippen molar-refractivity contribution in [3.8, 4) is 11.5 Å². The molecule has 0 radical (unpaired) electrons. The number of fused-ring (bicyclic) bond motifs is 2. The maximum Gasteiger partial charge on any atom is 0.342 e. The highest BCUT2D eigenvalue weighted by Gasteiger charge is 2.30. The largest absolute Gasteiger partial charge is 0.454 e. The predicted molar refractivity (Wildman–Crippen MR) is 113 cm³/mol. The number of hydrogen-bond acceptors (Lipinski definition) is 6. The molecule has 3 aliphatic rings. The highest BCUT2D eigenvalue weighted by molar-refractivity contribution is 6.16. The van der Waals surface area contributed by atoms with E-state index in [1.165, 1.54) is 11.1 Å². The average molecular weight is 420 g/mol. The lowest BCUT2D eigenvalue weighted by Gasteiger charge is -2.18. The van der Waals surface area contributed by atoms with Gasteiger partial charge in [0.05, 0.1) is 10.6 Å². The number of nitro groups is 1. The molecule has 9 heteroatoms. The van der Waals surface area contributed by atoms with Crippen molar-refractivity contribution in [3.05, 3.63) is 68.4 Å². The zero-order valence-corrected chi connectivity index (χ0v) is 17.0. The maximum atomic E-state index is 12.9. The molecule has 0 atom stereocenters. The van der Waals surface area contributed by atoms with Crippen LogP contribution in [-0.2, 0) is 0 Å². The van der Waals surface area contributed by atoms with Gasteiger partial charge in [0, 0.05) is 34.5 Å². The van der Waals surface area contributed by atoms with E-state index >= 15 is 0 Å². The molecule has 0 aromatic heterocycles. The van der Waals surface area contributed by atoms with Crippen molar-refractivity contribution in [2.24, 2.45) is 5.10 Å². The van der Waals surface area contributed by atoms with Gasteiger partial charge in [0.1, 0.15) is 0 Å². The van der Waals surface area contributed by atoms with Crippen LogP contribution in [0.3, 0.4) is 0 Å². The molecular weight excluding hydrogens is 400 g/mol. The molecule has 5 rings (SSSR count). The second kappa shape index (κ2) is 7.12. The fourth-order valence-electron chi connectivity index (χ4n) is 3.69. The molecule has 0 bridgehead atoms. The molecule has 1 N–H and O–H groups in total. The summed E-state index contributed by atoms with van der Waals surface area (Å²) in [6.07, 6.45) is 3.79. The number of urea groups is 1. The third kappa shape index (κ3) is 3.48. The Balaban J connectivity index is 1.67. The smallest absolute Gasteiger partial charge is 0.342 e. The summed E-state index contributed by atoms with van der Waals surface area (Å²) < 4.78 is 11.1. The maximum absolute atomic E-state index is 12.9. The number of hydrazone groups is 1. The van der Waals surface area contributed by atoms with Crippen LogP contribution in [0, 0.1) is 17.0 Å². The number of nitrogens with one attached hydrogen (secondary N) is 1. The molecule has 0 saturated heterocycles. The summed E-state index contributed by atoms with van der Waals surface area (Å²) in [5, 5.41) is 20.3. The van der Waals surface area contributed by atoms with E-state index in [4.69, 9.17) is 14.6 Å². The molecule has 2 aliphatic heterocycles. The van der Waals surface area contributed by atoms with Gasteiger partial charge in [-0.15, -0.1) is 0 Å². The lowest BCUT2D eigenvalue weighted by molar-refractivity contribution is -0.385. The zero-order chi connectivity index (χ0) is 21.7. The summed E-state index contributed by atoms with van der Waals surface area (Å²) in [7, 11) is 0. The van der Waals surface area contributed by atoms with Crippen LogP contribution in [0.25, 0.3) is 6.08 Å². The SMILES string of the molecule is CC1=Cc2cc3c(cc2C(c2ccc([N+](=O)[O-])c(C)c2)=NN1C(=O)NC1CC1)OCO3. The molecular formula is C22H20N4O5. The lowest BCUT2D eigenvalue weighted by atomic mass is 9.95. The van der Waals surface area contributed by atoms with Gasteiger partial charge in [0.25, 0.3) is 5.69 Å². The van der Waals surface area contributed by atoms with Gasteiger partial charge in [-0.2, -0.15) is 10.1 Å². The molecule has 2 aromatic carbocycles. The van der Waals surface area contributed by atoms with Crippen molar-refractivity contribution in [2.45, 2.75) is 32.7 Å². The van der Waals surface area contributed by atoms with Crippen LogP contribution in [0.2, 0.25) is 0 Å². The quantitative estimate of drug-likeness (QED) is 0.598. The molecule has 2 amide bonds. The number of ether oxygens (including phenoxy) is 2. The first kappa shape index (κ1) is 19.1. The molecule has 0 spiro atoms. The summed E-state index contributed by atoms with van der Waals surface area (Å²) in [5.74, 6) is 1.21. The lowest BCUT2D eigenvalue weighted by Crippen LogP contribution is -2.37. The van der Waals surface area contributed by atoms with E-state index in [0.717, 1.165) is 24.0 Å². The Bertz CT molecular complexity index is 1180.